The van der Waals surface area contributed by atoms with Crippen molar-refractivity contribution in [1.29, 1.82) is 0 Å². The number of rotatable bonds is 8. The van der Waals surface area contributed by atoms with Crippen molar-refractivity contribution < 1.29 is 19.1 Å². The highest BCUT2D eigenvalue weighted by atomic mass is 32.2. The second-order valence-corrected chi connectivity index (χ2v) is 8.31. The number of fused-ring (bicyclic) bond motifs is 1. The SMILES string of the molecule is COC(=O)/C(=C(/O)CSc1nnc(C(C)C)n1Cc1ccco1)c1nc2ccccc2[nH]1. The Morgan fingerprint density at radius 2 is 2.06 bits per heavy atom. The molecule has 0 saturated carbocycles. The zero-order valence-electron chi connectivity index (χ0n) is 17.9. The third kappa shape index (κ3) is 4.40. The number of nitrogens with one attached hydrogen (secondary N) is 1. The number of para-hydroxylation sites is 2. The summed E-state index contributed by atoms with van der Waals surface area (Å²) in [7, 11) is 1.26. The minimum absolute atomic E-state index is 0.0163. The number of ether oxygens (including phenoxy) is 1. The standard InChI is InChI=1S/C22H23N5O4S/c1-13(2)20-25-26-22(27(20)11-14-7-6-10-31-14)32-12-17(28)18(21(29)30-3)19-23-15-8-4-5-9-16(15)24-19/h4-10,13,28H,11-12H2,1-3H3,(H,23,24)/b18-17+. The van der Waals surface area contributed by atoms with Gasteiger partial charge in [0.05, 0.1) is 36.7 Å². The van der Waals surface area contributed by atoms with E-state index >= 15 is 0 Å². The van der Waals surface area contributed by atoms with E-state index in [-0.39, 0.29) is 28.8 Å². The van der Waals surface area contributed by atoms with Crippen LogP contribution in [0.4, 0.5) is 0 Å². The second kappa shape index (κ2) is 9.31. The highest BCUT2D eigenvalue weighted by molar-refractivity contribution is 7.99. The number of benzene rings is 1. The predicted octanol–water partition coefficient (Wildman–Crippen LogP) is 4.15. The molecule has 1 aromatic carbocycles. The van der Waals surface area contributed by atoms with Crippen LogP contribution in [0.3, 0.4) is 0 Å². The molecule has 32 heavy (non-hydrogen) atoms. The van der Waals surface area contributed by atoms with E-state index in [4.69, 9.17) is 9.15 Å². The van der Waals surface area contributed by atoms with Gasteiger partial charge in [0.25, 0.3) is 0 Å². The quantitative estimate of drug-likeness (QED) is 0.177. The maximum absolute atomic E-state index is 12.5. The number of carbonyl (C=O) groups is 1. The first kappa shape index (κ1) is 21.7. The van der Waals surface area contributed by atoms with Gasteiger partial charge in [-0.05, 0) is 24.3 Å². The fourth-order valence-electron chi connectivity index (χ4n) is 3.27. The third-order valence-corrected chi connectivity index (χ3v) is 5.78. The molecule has 0 radical (unpaired) electrons. The van der Waals surface area contributed by atoms with Crippen molar-refractivity contribution >= 4 is 34.3 Å². The summed E-state index contributed by atoms with van der Waals surface area (Å²) in [4.78, 5) is 19.9. The maximum atomic E-state index is 12.5. The Bertz CT molecular complexity index is 1220. The summed E-state index contributed by atoms with van der Waals surface area (Å²) >= 11 is 1.26. The molecule has 0 spiro atoms. The summed E-state index contributed by atoms with van der Waals surface area (Å²) in [5.41, 5.74) is 1.42. The van der Waals surface area contributed by atoms with Crippen LogP contribution in [0.25, 0.3) is 16.6 Å². The van der Waals surface area contributed by atoms with E-state index in [0.717, 1.165) is 17.1 Å². The number of hydrogen-bond acceptors (Lipinski definition) is 8. The van der Waals surface area contributed by atoms with Crippen LogP contribution < -0.4 is 0 Å². The van der Waals surface area contributed by atoms with Gasteiger partial charge in [0.1, 0.15) is 28.7 Å². The number of imidazole rings is 1. The summed E-state index contributed by atoms with van der Waals surface area (Å²) in [6.45, 7) is 4.53. The van der Waals surface area contributed by atoms with Crippen molar-refractivity contribution in [3.63, 3.8) is 0 Å². The zero-order chi connectivity index (χ0) is 22.7. The molecule has 0 fully saturated rings. The lowest BCUT2D eigenvalue weighted by Crippen LogP contribution is -2.11. The third-order valence-electron chi connectivity index (χ3n) is 4.80. The fraction of sp³-hybridized carbons (Fsp3) is 0.273. The summed E-state index contributed by atoms with van der Waals surface area (Å²) in [6, 6.07) is 11.1. The lowest BCUT2D eigenvalue weighted by atomic mass is 10.2. The number of thioether (sulfide) groups is 1. The molecular formula is C22H23N5O4S. The average molecular weight is 454 g/mol. The predicted molar refractivity (Wildman–Crippen MR) is 120 cm³/mol. The lowest BCUT2D eigenvalue weighted by Gasteiger charge is -2.11. The number of furan rings is 1. The van der Waals surface area contributed by atoms with E-state index < -0.39 is 5.97 Å². The molecule has 166 valence electrons. The van der Waals surface area contributed by atoms with E-state index in [0.29, 0.717) is 17.2 Å². The van der Waals surface area contributed by atoms with Crippen molar-refractivity contribution in [2.24, 2.45) is 0 Å². The largest absolute Gasteiger partial charge is 0.510 e. The molecule has 0 aliphatic rings. The van der Waals surface area contributed by atoms with Crippen molar-refractivity contribution in [2.45, 2.75) is 31.5 Å². The Balaban J connectivity index is 1.64. The number of aliphatic hydroxyl groups excluding tert-OH is 1. The molecule has 10 heteroatoms. The minimum atomic E-state index is -0.679. The zero-order valence-corrected chi connectivity index (χ0v) is 18.7. The summed E-state index contributed by atoms with van der Waals surface area (Å²) < 4.78 is 12.3. The monoisotopic (exact) mass is 453 g/mol. The van der Waals surface area contributed by atoms with Gasteiger partial charge in [-0.25, -0.2) is 9.78 Å². The van der Waals surface area contributed by atoms with Gasteiger partial charge in [-0.3, -0.25) is 4.57 Å². The van der Waals surface area contributed by atoms with Gasteiger partial charge in [0, 0.05) is 5.92 Å². The van der Waals surface area contributed by atoms with Gasteiger partial charge in [0.2, 0.25) is 0 Å². The molecule has 0 aliphatic heterocycles. The number of aromatic nitrogens is 5. The van der Waals surface area contributed by atoms with Crippen LogP contribution in [0.2, 0.25) is 0 Å². The number of aliphatic hydroxyl groups is 1. The van der Waals surface area contributed by atoms with Crippen molar-refractivity contribution in [1.82, 2.24) is 24.7 Å². The highest BCUT2D eigenvalue weighted by Crippen LogP contribution is 2.27. The van der Waals surface area contributed by atoms with Gasteiger partial charge in [-0.2, -0.15) is 0 Å². The Morgan fingerprint density at radius 3 is 2.75 bits per heavy atom. The van der Waals surface area contributed by atoms with Crippen LogP contribution in [-0.4, -0.2) is 48.7 Å². The van der Waals surface area contributed by atoms with Crippen LogP contribution in [0, 0.1) is 0 Å². The number of nitrogens with zero attached hydrogens (tertiary/aromatic N) is 4. The Kier molecular flexibility index (Phi) is 6.31. The number of aromatic amines is 1. The van der Waals surface area contributed by atoms with Crippen molar-refractivity contribution in [3.05, 3.63) is 65.8 Å². The molecule has 0 amide bonds. The number of methoxy groups -OCH3 is 1. The molecular weight excluding hydrogens is 430 g/mol. The molecule has 2 N–H and O–H groups in total. The number of hydrogen-bond donors (Lipinski definition) is 2. The van der Waals surface area contributed by atoms with Crippen molar-refractivity contribution in [2.75, 3.05) is 12.9 Å². The van der Waals surface area contributed by atoms with Crippen LogP contribution in [0.15, 0.2) is 58.0 Å². The molecule has 9 nitrogen and oxygen atoms in total. The first-order valence-electron chi connectivity index (χ1n) is 10.0. The normalized spacial score (nSPS) is 12.4. The van der Waals surface area contributed by atoms with Crippen LogP contribution >= 0.6 is 11.8 Å². The number of H-pyrrole nitrogens is 1. The maximum Gasteiger partial charge on any atom is 0.345 e. The van der Waals surface area contributed by atoms with E-state index in [1.807, 2.05) is 54.8 Å². The van der Waals surface area contributed by atoms with E-state index in [1.165, 1.54) is 18.9 Å². The van der Waals surface area contributed by atoms with E-state index in [9.17, 15) is 9.90 Å². The van der Waals surface area contributed by atoms with Crippen LogP contribution in [0.1, 0.15) is 37.2 Å². The molecule has 3 aromatic heterocycles. The minimum Gasteiger partial charge on any atom is -0.510 e. The molecule has 0 bridgehead atoms. The Morgan fingerprint density at radius 1 is 1.25 bits per heavy atom. The molecule has 0 aliphatic carbocycles. The summed E-state index contributed by atoms with van der Waals surface area (Å²) in [5.74, 6) is 1.20. The smallest absolute Gasteiger partial charge is 0.345 e. The Hall–Kier alpha value is -3.53. The van der Waals surface area contributed by atoms with Gasteiger partial charge in [-0.15, -0.1) is 10.2 Å². The van der Waals surface area contributed by atoms with Gasteiger partial charge in [-0.1, -0.05) is 37.7 Å². The van der Waals surface area contributed by atoms with E-state index in [2.05, 4.69) is 20.2 Å². The molecule has 0 atom stereocenters. The van der Waals surface area contributed by atoms with E-state index in [1.54, 1.807) is 6.26 Å². The Labute approximate surface area is 188 Å². The molecule has 0 saturated heterocycles. The first-order valence-corrected chi connectivity index (χ1v) is 11.0. The van der Waals surface area contributed by atoms with Crippen LogP contribution in [0.5, 0.6) is 0 Å². The highest BCUT2D eigenvalue weighted by Gasteiger charge is 2.23. The molecule has 4 rings (SSSR count). The molecule has 0 unspecified atom stereocenters. The van der Waals surface area contributed by atoms with Gasteiger partial charge >= 0.3 is 5.97 Å². The average Bonchev–Trinajstić information content (AvgIpc) is 3.52. The van der Waals surface area contributed by atoms with Crippen LogP contribution in [-0.2, 0) is 16.1 Å². The van der Waals surface area contributed by atoms with Crippen molar-refractivity contribution in [3.8, 4) is 0 Å². The topological polar surface area (TPSA) is 119 Å². The number of carbonyl (C=O) groups excluding carboxylic acids is 1. The summed E-state index contributed by atoms with van der Waals surface area (Å²) in [5, 5.41) is 20.0. The molecule has 4 aromatic rings. The molecule has 3 heterocycles. The number of esters is 1. The first-order chi connectivity index (χ1) is 15.5. The van der Waals surface area contributed by atoms with Gasteiger partial charge in [0.15, 0.2) is 5.16 Å². The van der Waals surface area contributed by atoms with Gasteiger partial charge < -0.3 is 19.2 Å². The second-order valence-electron chi connectivity index (χ2n) is 7.37. The summed E-state index contributed by atoms with van der Waals surface area (Å²) in [6.07, 6.45) is 1.62. The lowest BCUT2D eigenvalue weighted by molar-refractivity contribution is -0.133. The fourth-order valence-corrected chi connectivity index (χ4v) is 4.09.